The van der Waals surface area contributed by atoms with Gasteiger partial charge in [0.05, 0.1) is 10.6 Å². The van der Waals surface area contributed by atoms with Crippen LogP contribution in [-0.4, -0.2) is 62.7 Å². The Bertz CT molecular complexity index is 1100. The van der Waals surface area contributed by atoms with E-state index in [9.17, 15) is 18.0 Å². The second kappa shape index (κ2) is 9.30. The number of likely N-dealkylation sites (N-methyl/N-ethyl adjacent to an activating group) is 1. The summed E-state index contributed by atoms with van der Waals surface area (Å²) in [7, 11) is -2.00. The highest BCUT2D eigenvalue weighted by atomic mass is 32.2. The molecule has 2 aliphatic rings. The highest BCUT2D eigenvalue weighted by molar-refractivity contribution is 7.89. The lowest BCUT2D eigenvalue weighted by atomic mass is 10.2. The van der Waals surface area contributed by atoms with Gasteiger partial charge in [0.15, 0.2) is 6.61 Å². The first-order valence-electron chi connectivity index (χ1n) is 10.7. The van der Waals surface area contributed by atoms with Crippen LogP contribution in [0.5, 0.6) is 5.75 Å². The van der Waals surface area contributed by atoms with Gasteiger partial charge in [-0.1, -0.05) is 36.8 Å². The number of hydrogen-bond acceptors (Lipinski definition) is 5. The zero-order chi connectivity index (χ0) is 22.7. The minimum Gasteiger partial charge on any atom is -0.482 e. The molecule has 0 unspecified atom stereocenters. The van der Waals surface area contributed by atoms with Gasteiger partial charge in [0, 0.05) is 26.7 Å². The van der Waals surface area contributed by atoms with Gasteiger partial charge in [-0.05, 0) is 36.6 Å². The number of fused-ring (bicyclic) bond motifs is 1. The number of piperidine rings is 1. The molecule has 0 saturated carbocycles. The topological polar surface area (TPSA) is 87.2 Å². The van der Waals surface area contributed by atoms with Crippen molar-refractivity contribution in [2.75, 3.05) is 38.2 Å². The summed E-state index contributed by atoms with van der Waals surface area (Å²) in [5, 5.41) is 0. The fourth-order valence-electron chi connectivity index (χ4n) is 3.97. The molecule has 1 saturated heterocycles. The summed E-state index contributed by atoms with van der Waals surface area (Å²) in [5.41, 5.74) is 1.28. The Labute approximate surface area is 188 Å². The predicted molar refractivity (Wildman–Crippen MR) is 120 cm³/mol. The van der Waals surface area contributed by atoms with Crippen molar-refractivity contribution in [3.05, 3.63) is 54.1 Å². The normalized spacial score (nSPS) is 16.9. The largest absolute Gasteiger partial charge is 0.482 e. The van der Waals surface area contributed by atoms with E-state index in [-0.39, 0.29) is 29.9 Å². The van der Waals surface area contributed by atoms with Crippen molar-refractivity contribution in [2.45, 2.75) is 30.7 Å². The first-order chi connectivity index (χ1) is 15.4. The maximum Gasteiger partial charge on any atom is 0.265 e. The molecule has 0 radical (unpaired) electrons. The Morgan fingerprint density at radius 1 is 1.06 bits per heavy atom. The van der Waals surface area contributed by atoms with Crippen LogP contribution < -0.4 is 9.64 Å². The van der Waals surface area contributed by atoms with Crippen molar-refractivity contribution in [1.82, 2.24) is 9.21 Å². The fraction of sp³-hybridized carbons (Fsp3) is 0.391. The number of benzene rings is 2. The van der Waals surface area contributed by atoms with E-state index in [1.807, 2.05) is 30.3 Å². The number of carbonyl (C=O) groups excluding carboxylic acids is 2. The molecule has 2 aromatic carbocycles. The molecule has 0 atom stereocenters. The van der Waals surface area contributed by atoms with Gasteiger partial charge in [0.2, 0.25) is 15.9 Å². The highest BCUT2D eigenvalue weighted by Crippen LogP contribution is 2.35. The number of rotatable bonds is 6. The lowest BCUT2D eigenvalue weighted by Crippen LogP contribution is -2.45. The molecule has 2 aliphatic heterocycles. The summed E-state index contributed by atoms with van der Waals surface area (Å²) in [4.78, 5) is 28.4. The molecule has 2 aromatic rings. The van der Waals surface area contributed by atoms with Crippen molar-refractivity contribution >= 4 is 27.5 Å². The second-order valence-corrected chi connectivity index (χ2v) is 10.0. The Hall–Kier alpha value is -2.91. The molecule has 2 heterocycles. The second-order valence-electron chi connectivity index (χ2n) is 8.10. The number of hydrogen-bond donors (Lipinski definition) is 0. The quantitative estimate of drug-likeness (QED) is 0.664. The summed E-state index contributed by atoms with van der Waals surface area (Å²) in [6.45, 7) is 1.00. The third-order valence-corrected chi connectivity index (χ3v) is 7.70. The third-order valence-electron chi connectivity index (χ3n) is 5.81. The average molecular weight is 458 g/mol. The third kappa shape index (κ3) is 4.63. The van der Waals surface area contributed by atoms with E-state index in [4.69, 9.17) is 4.74 Å². The molecule has 0 aliphatic carbocycles. The molecule has 9 heteroatoms. The van der Waals surface area contributed by atoms with Crippen LogP contribution in [0.2, 0.25) is 0 Å². The van der Waals surface area contributed by atoms with Crippen LogP contribution in [-0.2, 0) is 26.2 Å². The molecule has 0 aromatic heterocycles. The van der Waals surface area contributed by atoms with E-state index in [1.54, 1.807) is 18.0 Å². The van der Waals surface area contributed by atoms with Crippen molar-refractivity contribution in [3.8, 4) is 5.75 Å². The summed E-state index contributed by atoms with van der Waals surface area (Å²) >= 11 is 0. The summed E-state index contributed by atoms with van der Waals surface area (Å²) < 4.78 is 33.2. The molecule has 170 valence electrons. The van der Waals surface area contributed by atoms with Gasteiger partial charge >= 0.3 is 0 Å². The Balaban J connectivity index is 1.56. The van der Waals surface area contributed by atoms with Crippen molar-refractivity contribution in [1.29, 1.82) is 0 Å². The van der Waals surface area contributed by atoms with Gasteiger partial charge in [-0.15, -0.1) is 0 Å². The molecule has 0 N–H and O–H groups in total. The molecule has 8 nitrogen and oxygen atoms in total. The standard InChI is InChI=1S/C23H27N3O5S/c1-24(15-18-8-4-2-5-9-18)22(27)16-26-20-14-19(10-11-21(20)31-17-23(26)28)32(29,30)25-12-6-3-7-13-25/h2,4-5,8-11,14H,3,6-7,12-13,15-17H2,1H3. The van der Waals surface area contributed by atoms with Gasteiger partial charge in [0.25, 0.3) is 5.91 Å². The van der Waals surface area contributed by atoms with Crippen molar-refractivity contribution in [3.63, 3.8) is 0 Å². The molecular formula is C23H27N3O5S. The predicted octanol–water partition coefficient (Wildman–Crippen LogP) is 2.25. The Kier molecular flexibility index (Phi) is 6.48. The summed E-state index contributed by atoms with van der Waals surface area (Å²) in [6.07, 6.45) is 2.69. The number of carbonyl (C=O) groups is 2. The lowest BCUT2D eigenvalue weighted by Gasteiger charge is -2.31. The molecular weight excluding hydrogens is 430 g/mol. The molecule has 0 spiro atoms. The minimum absolute atomic E-state index is 0.103. The molecule has 0 bridgehead atoms. The number of ether oxygens (including phenoxy) is 1. The van der Waals surface area contributed by atoms with Crippen LogP contribution in [0, 0.1) is 0 Å². The van der Waals surface area contributed by atoms with Gasteiger partial charge in [-0.2, -0.15) is 4.31 Å². The molecule has 32 heavy (non-hydrogen) atoms. The highest BCUT2D eigenvalue weighted by Gasteiger charge is 2.32. The summed E-state index contributed by atoms with van der Waals surface area (Å²) in [5.74, 6) is -0.244. The van der Waals surface area contributed by atoms with Gasteiger partial charge in [-0.25, -0.2) is 8.42 Å². The van der Waals surface area contributed by atoms with Crippen LogP contribution in [0.25, 0.3) is 0 Å². The van der Waals surface area contributed by atoms with Crippen molar-refractivity contribution in [2.24, 2.45) is 0 Å². The fourth-order valence-corrected chi connectivity index (χ4v) is 5.51. The Morgan fingerprint density at radius 3 is 2.50 bits per heavy atom. The van der Waals surface area contributed by atoms with E-state index < -0.39 is 10.0 Å². The van der Waals surface area contributed by atoms with Gasteiger partial charge in [-0.3, -0.25) is 14.5 Å². The minimum atomic E-state index is -3.68. The smallest absolute Gasteiger partial charge is 0.265 e. The number of sulfonamides is 1. The SMILES string of the molecule is CN(Cc1ccccc1)C(=O)CN1C(=O)COc2ccc(S(=O)(=O)N3CCCCC3)cc21. The maximum absolute atomic E-state index is 13.1. The monoisotopic (exact) mass is 457 g/mol. The number of anilines is 1. The van der Waals surface area contributed by atoms with E-state index in [0.717, 1.165) is 24.8 Å². The number of nitrogens with zero attached hydrogens (tertiary/aromatic N) is 3. The Morgan fingerprint density at radius 2 is 1.78 bits per heavy atom. The molecule has 2 amide bonds. The van der Waals surface area contributed by atoms with E-state index in [1.165, 1.54) is 21.3 Å². The van der Waals surface area contributed by atoms with Crippen LogP contribution in [0.4, 0.5) is 5.69 Å². The lowest BCUT2D eigenvalue weighted by molar-refractivity contribution is -0.131. The van der Waals surface area contributed by atoms with E-state index >= 15 is 0 Å². The zero-order valence-corrected chi connectivity index (χ0v) is 18.9. The van der Waals surface area contributed by atoms with E-state index in [0.29, 0.717) is 31.1 Å². The van der Waals surface area contributed by atoms with Crippen LogP contribution in [0.3, 0.4) is 0 Å². The van der Waals surface area contributed by atoms with Crippen LogP contribution in [0.15, 0.2) is 53.4 Å². The summed E-state index contributed by atoms with van der Waals surface area (Å²) in [6, 6.07) is 14.1. The maximum atomic E-state index is 13.1. The van der Waals surface area contributed by atoms with Crippen molar-refractivity contribution < 1.29 is 22.7 Å². The first kappa shape index (κ1) is 22.3. The zero-order valence-electron chi connectivity index (χ0n) is 18.1. The molecule has 4 rings (SSSR count). The van der Waals surface area contributed by atoms with Gasteiger partial charge < -0.3 is 9.64 Å². The molecule has 1 fully saturated rings. The van der Waals surface area contributed by atoms with E-state index in [2.05, 4.69) is 0 Å². The van der Waals surface area contributed by atoms with Crippen LogP contribution in [0.1, 0.15) is 24.8 Å². The first-order valence-corrected chi connectivity index (χ1v) is 12.2. The van der Waals surface area contributed by atoms with Gasteiger partial charge in [0.1, 0.15) is 12.3 Å². The van der Waals surface area contributed by atoms with Crippen LogP contribution >= 0.6 is 0 Å². The number of amides is 2. The average Bonchev–Trinajstić information content (AvgIpc) is 2.81.